The van der Waals surface area contributed by atoms with Crippen molar-refractivity contribution >= 4 is 22.2 Å². The SMILES string of the molecule is O=c1[nH]c(=O)n2c3c1nc1ccccc1[n+]3[C@H](Cc1ccccc1)C2.[Cl-]. The first-order chi connectivity index (χ1) is 12.2. The minimum Gasteiger partial charge on any atom is -1.00 e. The molecule has 4 aromatic rings. The third-order valence-corrected chi connectivity index (χ3v) is 4.82. The van der Waals surface area contributed by atoms with Crippen LogP contribution in [-0.4, -0.2) is 14.5 Å². The number of hydrogen-bond donors (Lipinski definition) is 1. The van der Waals surface area contributed by atoms with Crippen molar-refractivity contribution in [2.24, 2.45) is 0 Å². The second-order valence-electron chi connectivity index (χ2n) is 6.36. The molecule has 3 heterocycles. The van der Waals surface area contributed by atoms with Crippen molar-refractivity contribution in [2.45, 2.75) is 19.0 Å². The highest BCUT2D eigenvalue weighted by Crippen LogP contribution is 2.22. The first kappa shape index (κ1) is 16.5. The van der Waals surface area contributed by atoms with Crippen LogP contribution in [0.25, 0.3) is 22.2 Å². The normalized spacial score (nSPS) is 15.3. The summed E-state index contributed by atoms with van der Waals surface area (Å²) >= 11 is 0. The van der Waals surface area contributed by atoms with E-state index in [1.165, 1.54) is 5.56 Å². The molecule has 0 fully saturated rings. The molecule has 0 unspecified atom stereocenters. The fourth-order valence-corrected chi connectivity index (χ4v) is 3.76. The van der Waals surface area contributed by atoms with Crippen molar-refractivity contribution in [2.75, 3.05) is 0 Å². The van der Waals surface area contributed by atoms with Crippen LogP contribution in [0.4, 0.5) is 0 Å². The van der Waals surface area contributed by atoms with Gasteiger partial charge in [-0.15, -0.1) is 0 Å². The lowest BCUT2D eigenvalue weighted by Crippen LogP contribution is -3.00. The van der Waals surface area contributed by atoms with Crippen LogP contribution in [0, 0.1) is 0 Å². The number of hydrogen-bond acceptors (Lipinski definition) is 3. The quantitative estimate of drug-likeness (QED) is 0.340. The van der Waals surface area contributed by atoms with Gasteiger partial charge in [-0.3, -0.25) is 9.78 Å². The maximum atomic E-state index is 12.3. The largest absolute Gasteiger partial charge is 1.00 e. The molecule has 0 saturated carbocycles. The van der Waals surface area contributed by atoms with Crippen LogP contribution in [0.15, 0.2) is 64.2 Å². The van der Waals surface area contributed by atoms with Crippen LogP contribution in [-0.2, 0) is 13.0 Å². The highest BCUT2D eigenvalue weighted by atomic mass is 35.5. The van der Waals surface area contributed by atoms with Crippen molar-refractivity contribution in [1.29, 1.82) is 0 Å². The molecule has 0 saturated heterocycles. The van der Waals surface area contributed by atoms with Crippen molar-refractivity contribution < 1.29 is 17.0 Å². The van der Waals surface area contributed by atoms with E-state index in [1.54, 1.807) is 4.57 Å². The first-order valence-electron chi connectivity index (χ1n) is 8.23. The zero-order chi connectivity index (χ0) is 17.0. The van der Waals surface area contributed by atoms with Gasteiger partial charge in [-0.05, 0) is 17.7 Å². The Hall–Kier alpha value is -2.99. The molecule has 1 aliphatic heterocycles. The summed E-state index contributed by atoms with van der Waals surface area (Å²) in [5.41, 5.74) is 3.00. The van der Waals surface area contributed by atoms with Crippen LogP contribution in [0.3, 0.4) is 0 Å². The Morgan fingerprint density at radius 2 is 1.81 bits per heavy atom. The first-order valence-corrected chi connectivity index (χ1v) is 8.23. The summed E-state index contributed by atoms with van der Waals surface area (Å²) in [6, 6.07) is 18.0. The number of para-hydroxylation sites is 2. The van der Waals surface area contributed by atoms with E-state index in [0.717, 1.165) is 17.5 Å². The third-order valence-electron chi connectivity index (χ3n) is 4.82. The number of benzene rings is 2. The minimum absolute atomic E-state index is 0. The summed E-state index contributed by atoms with van der Waals surface area (Å²) in [5, 5.41) is 0. The Morgan fingerprint density at radius 1 is 1.08 bits per heavy atom. The number of rotatable bonds is 2. The predicted molar refractivity (Wildman–Crippen MR) is 93.5 cm³/mol. The van der Waals surface area contributed by atoms with E-state index in [1.807, 2.05) is 42.5 Å². The summed E-state index contributed by atoms with van der Waals surface area (Å²) < 4.78 is 3.73. The number of nitrogens with zero attached hydrogens (tertiary/aromatic N) is 3. The van der Waals surface area contributed by atoms with Gasteiger partial charge in [0.05, 0.1) is 0 Å². The molecule has 0 spiro atoms. The molecule has 1 N–H and O–H groups in total. The molecule has 130 valence electrons. The number of aromatic nitrogens is 4. The zero-order valence-electron chi connectivity index (χ0n) is 13.7. The summed E-state index contributed by atoms with van der Waals surface area (Å²) in [7, 11) is 0. The Bertz CT molecular complexity index is 1250. The van der Waals surface area contributed by atoms with Crippen molar-refractivity contribution in [1.82, 2.24) is 14.5 Å². The maximum Gasteiger partial charge on any atom is 0.416 e. The third kappa shape index (κ3) is 2.34. The van der Waals surface area contributed by atoms with Gasteiger partial charge >= 0.3 is 11.3 Å². The Kier molecular flexibility index (Phi) is 3.85. The highest BCUT2D eigenvalue weighted by Gasteiger charge is 2.36. The summed E-state index contributed by atoms with van der Waals surface area (Å²) in [6.45, 7) is 0.524. The number of aromatic amines is 1. The van der Waals surface area contributed by atoms with Crippen molar-refractivity contribution in [3.63, 3.8) is 0 Å². The van der Waals surface area contributed by atoms with Gasteiger partial charge in [0.15, 0.2) is 5.52 Å². The van der Waals surface area contributed by atoms with Gasteiger partial charge in [0.1, 0.15) is 18.1 Å². The van der Waals surface area contributed by atoms with E-state index < -0.39 is 5.56 Å². The Morgan fingerprint density at radius 3 is 2.62 bits per heavy atom. The lowest BCUT2D eigenvalue weighted by Gasteiger charge is -2.10. The van der Waals surface area contributed by atoms with Gasteiger partial charge in [0.25, 0.3) is 5.56 Å². The molecular formula is C19H15ClN4O2. The van der Waals surface area contributed by atoms with E-state index in [9.17, 15) is 9.59 Å². The van der Waals surface area contributed by atoms with E-state index in [4.69, 9.17) is 0 Å². The Balaban J connectivity index is 0.00000168. The minimum atomic E-state index is -0.434. The van der Waals surface area contributed by atoms with Crippen LogP contribution < -0.4 is 28.2 Å². The van der Waals surface area contributed by atoms with Gasteiger partial charge in [0.2, 0.25) is 5.52 Å². The smallest absolute Gasteiger partial charge is 0.416 e. The summed E-state index contributed by atoms with van der Waals surface area (Å²) in [6.07, 6.45) is 0.782. The molecule has 2 aromatic carbocycles. The molecule has 0 amide bonds. The second-order valence-corrected chi connectivity index (χ2v) is 6.36. The average molecular weight is 367 g/mol. The van der Waals surface area contributed by atoms with E-state index in [0.29, 0.717) is 17.7 Å². The number of halogens is 1. The fourth-order valence-electron chi connectivity index (χ4n) is 3.76. The summed E-state index contributed by atoms with van der Waals surface area (Å²) in [4.78, 5) is 31.5. The number of nitrogens with one attached hydrogen (secondary N) is 1. The van der Waals surface area contributed by atoms with Gasteiger partial charge in [0, 0.05) is 6.42 Å². The second kappa shape index (κ2) is 6.07. The van der Waals surface area contributed by atoms with Crippen molar-refractivity contribution in [3.8, 4) is 0 Å². The van der Waals surface area contributed by atoms with E-state index in [-0.39, 0.29) is 24.1 Å². The molecule has 26 heavy (non-hydrogen) atoms. The van der Waals surface area contributed by atoms with Gasteiger partial charge in [-0.25, -0.2) is 14.3 Å². The molecule has 0 radical (unpaired) electrons. The zero-order valence-corrected chi connectivity index (χ0v) is 14.5. The van der Waals surface area contributed by atoms with Gasteiger partial charge in [-0.2, -0.15) is 4.57 Å². The Labute approximate surface area is 154 Å². The standard InChI is InChI=1S/C19H14N4O2.ClH/c24-17-16-18-22(19(25)21-17)11-13(10-12-6-2-1-3-7-12)23(18)15-9-5-4-8-14(15)20-16;/h1-9,13H,10-11H2;1H/t13-;/m1./s1. The van der Waals surface area contributed by atoms with Crippen LogP contribution in [0.2, 0.25) is 0 Å². The fraction of sp³-hybridized carbons (Fsp3) is 0.158. The highest BCUT2D eigenvalue weighted by molar-refractivity contribution is 5.79. The molecule has 1 aliphatic rings. The summed E-state index contributed by atoms with van der Waals surface area (Å²) in [5.74, 6) is 0. The average Bonchev–Trinajstić information content (AvgIpc) is 3.01. The molecule has 7 heteroatoms. The topological polar surface area (TPSA) is 71.6 Å². The molecule has 0 aliphatic carbocycles. The lowest BCUT2D eigenvalue weighted by molar-refractivity contribution is -0.666. The monoisotopic (exact) mass is 366 g/mol. The molecular weight excluding hydrogens is 352 g/mol. The molecule has 0 bridgehead atoms. The lowest BCUT2D eigenvalue weighted by atomic mass is 10.1. The van der Waals surface area contributed by atoms with Crippen LogP contribution in [0.1, 0.15) is 11.6 Å². The maximum absolute atomic E-state index is 12.3. The van der Waals surface area contributed by atoms with Crippen LogP contribution >= 0.6 is 0 Å². The molecule has 1 atom stereocenters. The number of H-pyrrole nitrogens is 1. The number of fused-ring (bicyclic) bond motifs is 2. The van der Waals surface area contributed by atoms with Crippen molar-refractivity contribution in [3.05, 3.63) is 81.0 Å². The van der Waals surface area contributed by atoms with Gasteiger partial charge in [-0.1, -0.05) is 42.5 Å². The van der Waals surface area contributed by atoms with E-state index in [2.05, 4.69) is 26.7 Å². The van der Waals surface area contributed by atoms with E-state index >= 15 is 0 Å². The molecule has 6 nitrogen and oxygen atoms in total. The van der Waals surface area contributed by atoms with Gasteiger partial charge < -0.3 is 12.4 Å². The predicted octanol–water partition coefficient (Wildman–Crippen LogP) is -1.67. The molecule has 2 aromatic heterocycles. The molecule has 5 rings (SSSR count). The van der Waals surface area contributed by atoms with Crippen LogP contribution in [0.5, 0.6) is 0 Å².